The SMILES string of the molecule is C=CC(C)C[SiH2]C(c1ccccc1)(c1ccccc1)n1ccnc1.c1ccc(B(c2ccccc2)c2ccccc2)cc1. The normalized spacial score (nSPS) is 11.8. The highest BCUT2D eigenvalue weighted by Gasteiger charge is 2.36. The molecule has 2 nitrogen and oxygen atoms in total. The van der Waals surface area contributed by atoms with Crippen molar-refractivity contribution in [3.05, 3.63) is 194 Å². The third-order valence-corrected chi connectivity index (χ3v) is 11.3. The molecule has 1 aromatic heterocycles. The van der Waals surface area contributed by atoms with Crippen LogP contribution in [-0.4, -0.2) is 25.8 Å². The lowest BCUT2D eigenvalue weighted by molar-refractivity contribution is 0.585. The number of benzene rings is 5. The summed E-state index contributed by atoms with van der Waals surface area (Å²) in [4.78, 5) is 4.35. The lowest BCUT2D eigenvalue weighted by Gasteiger charge is -2.37. The molecule has 0 spiro atoms. The number of nitrogens with zero attached hydrogens (tertiary/aromatic N) is 2. The van der Waals surface area contributed by atoms with E-state index in [-0.39, 0.29) is 5.16 Å². The van der Waals surface area contributed by atoms with Crippen LogP contribution in [0.25, 0.3) is 0 Å². The molecular weight excluding hydrogens is 535 g/mol. The first kappa shape index (κ1) is 29.8. The minimum absolute atomic E-state index is 0.115. The van der Waals surface area contributed by atoms with Crippen LogP contribution in [0, 0.1) is 5.92 Å². The van der Waals surface area contributed by atoms with Gasteiger partial charge in [-0.2, -0.15) is 0 Å². The van der Waals surface area contributed by atoms with Crippen LogP contribution in [0.15, 0.2) is 183 Å². The van der Waals surface area contributed by atoms with Crippen molar-refractivity contribution in [1.82, 2.24) is 9.55 Å². The van der Waals surface area contributed by atoms with Crippen LogP contribution in [-0.2, 0) is 5.16 Å². The van der Waals surface area contributed by atoms with Gasteiger partial charge in [0.05, 0.1) is 21.0 Å². The third-order valence-electron chi connectivity index (χ3n) is 8.21. The molecule has 0 N–H and O–H groups in total. The maximum atomic E-state index is 4.35. The monoisotopic (exact) mass is 574 g/mol. The smallest absolute Gasteiger partial charge is 0.241 e. The molecule has 0 aliphatic rings. The molecule has 0 aliphatic carbocycles. The Labute approximate surface area is 259 Å². The van der Waals surface area contributed by atoms with E-state index >= 15 is 0 Å². The van der Waals surface area contributed by atoms with Gasteiger partial charge in [0.15, 0.2) is 0 Å². The summed E-state index contributed by atoms with van der Waals surface area (Å²) < 4.78 is 2.31. The van der Waals surface area contributed by atoms with Gasteiger partial charge in [0, 0.05) is 12.4 Å². The fourth-order valence-electron chi connectivity index (χ4n) is 5.86. The lowest BCUT2D eigenvalue weighted by Crippen LogP contribution is -2.51. The quantitative estimate of drug-likeness (QED) is 0.140. The first-order valence-corrected chi connectivity index (χ1v) is 16.8. The van der Waals surface area contributed by atoms with Gasteiger partial charge in [-0.3, -0.25) is 0 Å². The van der Waals surface area contributed by atoms with Crippen LogP contribution in [0.5, 0.6) is 0 Å². The minimum Gasteiger partial charge on any atom is -0.327 e. The number of hydrogen-bond donors (Lipinski definition) is 0. The van der Waals surface area contributed by atoms with E-state index in [9.17, 15) is 0 Å². The Bertz CT molecular complexity index is 1490. The van der Waals surface area contributed by atoms with Crippen molar-refractivity contribution in [1.29, 1.82) is 0 Å². The Morgan fingerprint density at radius 1 is 0.674 bits per heavy atom. The second-order valence-corrected chi connectivity index (χ2v) is 13.1. The largest absolute Gasteiger partial charge is 0.327 e. The predicted octanol–water partition coefficient (Wildman–Crippen LogP) is 6.24. The van der Waals surface area contributed by atoms with E-state index < -0.39 is 9.52 Å². The van der Waals surface area contributed by atoms with Crippen molar-refractivity contribution in [3.8, 4) is 0 Å². The molecular formula is C39H39BN2Si. The van der Waals surface area contributed by atoms with E-state index in [2.05, 4.69) is 187 Å². The summed E-state index contributed by atoms with van der Waals surface area (Å²) in [6, 6.07) is 54.9. The molecule has 0 bridgehead atoms. The highest BCUT2D eigenvalue weighted by molar-refractivity contribution is 6.95. The van der Waals surface area contributed by atoms with Crippen molar-refractivity contribution in [3.63, 3.8) is 0 Å². The van der Waals surface area contributed by atoms with Crippen molar-refractivity contribution in [2.45, 2.75) is 18.1 Å². The van der Waals surface area contributed by atoms with Crippen molar-refractivity contribution >= 4 is 32.6 Å². The van der Waals surface area contributed by atoms with E-state index in [1.165, 1.54) is 33.6 Å². The third kappa shape index (κ3) is 7.22. The predicted molar refractivity (Wildman–Crippen MR) is 188 cm³/mol. The van der Waals surface area contributed by atoms with Crippen molar-refractivity contribution in [2.75, 3.05) is 0 Å². The summed E-state index contributed by atoms with van der Waals surface area (Å²) in [5, 5.41) is -0.115. The standard InChI is InChI=1S/C21H24N2Si.C18H15B/c1-3-18(2)16-24-21(23-15-14-22-17-23,19-10-6-4-7-11-19)20-12-8-5-9-13-20;1-4-10-16(11-5-1)19(17-12-6-2-7-13-17)18-14-8-3-9-15-18/h3-15,17-18H,1,16,24H2,2H3;1-15H. The number of allylic oxidation sites excluding steroid dienone is 1. The van der Waals surface area contributed by atoms with Gasteiger partial charge < -0.3 is 4.57 Å². The average molecular weight is 575 g/mol. The molecule has 6 aromatic rings. The molecule has 0 saturated heterocycles. The van der Waals surface area contributed by atoms with Gasteiger partial charge in [0.2, 0.25) is 6.71 Å². The fourth-order valence-corrected chi connectivity index (χ4v) is 8.47. The Kier molecular flexibility index (Phi) is 10.4. The summed E-state index contributed by atoms with van der Waals surface area (Å²) in [7, 11) is -0.554. The van der Waals surface area contributed by atoms with Crippen molar-refractivity contribution in [2.24, 2.45) is 5.92 Å². The van der Waals surface area contributed by atoms with Gasteiger partial charge in [-0.25, -0.2) is 4.98 Å². The molecule has 1 heterocycles. The molecule has 6 rings (SSSR count). The number of rotatable bonds is 10. The number of imidazole rings is 1. The van der Waals surface area contributed by atoms with Crippen LogP contribution >= 0.6 is 0 Å². The number of aromatic nitrogens is 2. The Morgan fingerprint density at radius 3 is 1.42 bits per heavy atom. The van der Waals surface area contributed by atoms with E-state index in [0.717, 1.165) is 0 Å². The van der Waals surface area contributed by atoms with Gasteiger partial charge in [-0.1, -0.05) is 187 Å². The molecule has 0 radical (unpaired) electrons. The maximum Gasteiger partial charge on any atom is 0.241 e. The molecule has 1 atom stereocenters. The van der Waals surface area contributed by atoms with Crippen LogP contribution in [0.2, 0.25) is 6.04 Å². The zero-order valence-electron chi connectivity index (χ0n) is 24.9. The summed E-state index contributed by atoms with van der Waals surface area (Å²) in [6.45, 7) is 6.54. The Hall–Kier alpha value is -4.67. The topological polar surface area (TPSA) is 17.8 Å². The zero-order valence-corrected chi connectivity index (χ0v) is 26.3. The molecule has 212 valence electrons. The van der Waals surface area contributed by atoms with E-state index in [4.69, 9.17) is 0 Å². The number of hydrogen-bond acceptors (Lipinski definition) is 1. The molecule has 0 fully saturated rings. The van der Waals surface area contributed by atoms with Crippen molar-refractivity contribution < 1.29 is 0 Å². The summed E-state index contributed by atoms with van der Waals surface area (Å²) in [6.07, 6.45) is 8.02. The van der Waals surface area contributed by atoms with Crippen LogP contribution in [0.1, 0.15) is 18.1 Å². The van der Waals surface area contributed by atoms with Gasteiger partial charge in [0.1, 0.15) is 0 Å². The van der Waals surface area contributed by atoms with Crippen LogP contribution in [0.4, 0.5) is 0 Å². The Balaban J connectivity index is 0.000000176. The zero-order chi connectivity index (χ0) is 29.7. The lowest BCUT2D eigenvalue weighted by atomic mass is 9.37. The highest BCUT2D eigenvalue weighted by atomic mass is 28.2. The molecule has 0 saturated carbocycles. The van der Waals surface area contributed by atoms with Gasteiger partial charge in [0.25, 0.3) is 0 Å². The highest BCUT2D eigenvalue weighted by Crippen LogP contribution is 2.34. The maximum absolute atomic E-state index is 4.35. The fraction of sp³-hybridized carbons (Fsp3) is 0.103. The minimum atomic E-state index is -0.554. The van der Waals surface area contributed by atoms with E-state index in [0.29, 0.717) is 12.6 Å². The molecule has 5 aromatic carbocycles. The van der Waals surface area contributed by atoms with E-state index in [1.54, 1.807) is 0 Å². The average Bonchev–Trinajstić information content (AvgIpc) is 3.64. The summed E-state index contributed by atoms with van der Waals surface area (Å²) in [5.74, 6) is 0.534. The first-order chi connectivity index (χ1) is 21.2. The summed E-state index contributed by atoms with van der Waals surface area (Å²) in [5.41, 5.74) is 6.69. The molecule has 4 heteroatoms. The van der Waals surface area contributed by atoms with E-state index in [1.807, 2.05) is 12.5 Å². The second kappa shape index (κ2) is 15.0. The molecule has 0 amide bonds. The second-order valence-electron chi connectivity index (χ2n) is 11.0. The van der Waals surface area contributed by atoms with Gasteiger partial charge in [-0.05, 0) is 17.0 Å². The summed E-state index contributed by atoms with van der Waals surface area (Å²) >= 11 is 0. The van der Waals surface area contributed by atoms with Crippen LogP contribution < -0.4 is 16.4 Å². The Morgan fingerprint density at radius 2 is 1.07 bits per heavy atom. The molecule has 0 aliphatic heterocycles. The van der Waals surface area contributed by atoms with Crippen LogP contribution in [0.3, 0.4) is 0 Å². The first-order valence-electron chi connectivity index (χ1n) is 15.1. The van der Waals surface area contributed by atoms with Gasteiger partial charge in [-0.15, -0.1) is 6.58 Å². The molecule has 1 unspecified atom stereocenters. The molecule has 43 heavy (non-hydrogen) atoms. The van der Waals surface area contributed by atoms with Gasteiger partial charge >= 0.3 is 0 Å².